The molecule has 0 saturated carbocycles. The zero-order chi connectivity index (χ0) is 22.8. The van der Waals surface area contributed by atoms with Crippen LogP contribution in [0.1, 0.15) is 12.5 Å². The first-order valence-electron chi connectivity index (χ1n) is 10.5. The van der Waals surface area contributed by atoms with Gasteiger partial charge in [0.15, 0.2) is 17.3 Å². The van der Waals surface area contributed by atoms with Crippen molar-refractivity contribution in [2.75, 3.05) is 23.8 Å². The number of ether oxygens (including phenoxy) is 2. The van der Waals surface area contributed by atoms with Crippen LogP contribution in [0.25, 0.3) is 22.0 Å². The van der Waals surface area contributed by atoms with Crippen LogP contribution < -0.4 is 20.1 Å². The van der Waals surface area contributed by atoms with Crippen molar-refractivity contribution in [1.29, 1.82) is 0 Å². The lowest BCUT2D eigenvalue weighted by molar-refractivity contribution is -0.116. The second-order valence-electron chi connectivity index (χ2n) is 7.64. The fraction of sp³-hybridized carbons (Fsp3) is 0.167. The molecule has 4 aromatic rings. The van der Waals surface area contributed by atoms with Crippen molar-refractivity contribution < 1.29 is 19.1 Å². The molecular weight excluding hydrogens is 422 g/mol. The minimum absolute atomic E-state index is 0.167. The highest BCUT2D eigenvalue weighted by Crippen LogP contribution is 2.32. The standard InChI is InChI=1S/C24H21N5O4/c1-14(30)26-19-6-7-25-13-18(19)16-3-4-20-17(12-16)24(29-28-20)27-23(31)11-15-2-5-21-22(10-15)33-9-8-32-21/h2-7,10,12-13H,8-9,11H2,1H3,(H,25,26,30)(H2,27,28,29,31). The molecule has 0 aliphatic carbocycles. The Hall–Kier alpha value is -4.40. The van der Waals surface area contributed by atoms with Gasteiger partial charge in [0, 0.05) is 30.3 Å². The largest absolute Gasteiger partial charge is 0.486 e. The van der Waals surface area contributed by atoms with Gasteiger partial charge in [-0.2, -0.15) is 5.10 Å². The lowest BCUT2D eigenvalue weighted by Gasteiger charge is -2.18. The molecule has 0 spiro atoms. The number of aromatic amines is 1. The molecular formula is C24H21N5O4. The van der Waals surface area contributed by atoms with E-state index in [1.54, 1.807) is 18.5 Å². The summed E-state index contributed by atoms with van der Waals surface area (Å²) in [4.78, 5) is 28.5. The van der Waals surface area contributed by atoms with E-state index in [4.69, 9.17) is 9.47 Å². The third-order valence-corrected chi connectivity index (χ3v) is 5.23. The van der Waals surface area contributed by atoms with Gasteiger partial charge >= 0.3 is 0 Å². The minimum atomic E-state index is -0.203. The second kappa shape index (κ2) is 8.62. The third kappa shape index (κ3) is 4.33. The van der Waals surface area contributed by atoms with Gasteiger partial charge in [0.25, 0.3) is 0 Å². The van der Waals surface area contributed by atoms with Crippen LogP contribution in [0.3, 0.4) is 0 Å². The molecule has 0 radical (unpaired) electrons. The van der Waals surface area contributed by atoms with Gasteiger partial charge in [0.05, 0.1) is 17.6 Å². The molecule has 3 heterocycles. The van der Waals surface area contributed by atoms with E-state index in [2.05, 4.69) is 25.8 Å². The Morgan fingerprint density at radius 2 is 1.88 bits per heavy atom. The van der Waals surface area contributed by atoms with E-state index in [-0.39, 0.29) is 18.2 Å². The van der Waals surface area contributed by atoms with E-state index in [9.17, 15) is 9.59 Å². The van der Waals surface area contributed by atoms with Crippen molar-refractivity contribution in [3.8, 4) is 22.6 Å². The van der Waals surface area contributed by atoms with Gasteiger partial charge in [0.2, 0.25) is 11.8 Å². The molecule has 3 N–H and O–H groups in total. The first-order valence-corrected chi connectivity index (χ1v) is 10.5. The van der Waals surface area contributed by atoms with Gasteiger partial charge in [-0.25, -0.2) is 0 Å². The highest BCUT2D eigenvalue weighted by Gasteiger charge is 2.16. The zero-order valence-electron chi connectivity index (χ0n) is 17.8. The molecule has 0 atom stereocenters. The molecule has 2 aromatic carbocycles. The Kier molecular flexibility index (Phi) is 5.35. The number of fused-ring (bicyclic) bond motifs is 2. The van der Waals surface area contributed by atoms with Crippen LogP contribution in [-0.4, -0.2) is 40.2 Å². The Morgan fingerprint density at radius 3 is 2.73 bits per heavy atom. The van der Waals surface area contributed by atoms with Crippen LogP contribution >= 0.6 is 0 Å². The van der Waals surface area contributed by atoms with Crippen LogP contribution in [0.5, 0.6) is 11.5 Å². The van der Waals surface area contributed by atoms with E-state index in [0.29, 0.717) is 36.2 Å². The first kappa shape index (κ1) is 20.5. The number of nitrogens with one attached hydrogen (secondary N) is 3. The van der Waals surface area contributed by atoms with Gasteiger partial charge in [-0.1, -0.05) is 12.1 Å². The molecule has 0 bridgehead atoms. The fourth-order valence-electron chi connectivity index (χ4n) is 3.76. The molecule has 5 rings (SSSR count). The molecule has 2 amide bonds. The second-order valence-corrected chi connectivity index (χ2v) is 7.64. The number of carbonyl (C=O) groups is 2. The molecule has 33 heavy (non-hydrogen) atoms. The predicted octanol–water partition coefficient (Wildman–Crippen LogP) is 3.54. The van der Waals surface area contributed by atoms with Crippen molar-refractivity contribution >= 4 is 34.2 Å². The molecule has 2 aromatic heterocycles. The quantitative estimate of drug-likeness (QED) is 0.434. The molecule has 166 valence electrons. The molecule has 9 nitrogen and oxygen atoms in total. The third-order valence-electron chi connectivity index (χ3n) is 5.23. The predicted molar refractivity (Wildman–Crippen MR) is 123 cm³/mol. The molecule has 1 aliphatic rings. The van der Waals surface area contributed by atoms with E-state index < -0.39 is 0 Å². The van der Waals surface area contributed by atoms with Gasteiger partial charge in [-0.15, -0.1) is 0 Å². The summed E-state index contributed by atoms with van der Waals surface area (Å²) < 4.78 is 11.1. The molecule has 0 unspecified atom stereocenters. The summed E-state index contributed by atoms with van der Waals surface area (Å²) in [7, 11) is 0. The van der Waals surface area contributed by atoms with Gasteiger partial charge in [0.1, 0.15) is 13.2 Å². The van der Waals surface area contributed by atoms with Crippen molar-refractivity contribution in [2.24, 2.45) is 0 Å². The van der Waals surface area contributed by atoms with E-state index in [1.165, 1.54) is 6.92 Å². The summed E-state index contributed by atoms with van der Waals surface area (Å²) in [6.07, 6.45) is 3.47. The van der Waals surface area contributed by atoms with Crippen molar-refractivity contribution in [3.63, 3.8) is 0 Å². The van der Waals surface area contributed by atoms with Crippen LogP contribution in [0.4, 0.5) is 11.5 Å². The number of amides is 2. The number of anilines is 2. The number of aromatic nitrogens is 3. The SMILES string of the molecule is CC(=O)Nc1ccncc1-c1ccc2[nH]nc(NC(=O)Cc3ccc4c(c3)OCCO4)c2c1. The number of rotatable bonds is 5. The molecule has 9 heteroatoms. The fourth-order valence-corrected chi connectivity index (χ4v) is 3.76. The van der Waals surface area contributed by atoms with Crippen molar-refractivity contribution in [2.45, 2.75) is 13.3 Å². The number of hydrogen-bond donors (Lipinski definition) is 3. The van der Waals surface area contributed by atoms with Gasteiger partial charge in [-0.3, -0.25) is 19.7 Å². The maximum atomic E-state index is 12.7. The van der Waals surface area contributed by atoms with Crippen molar-refractivity contribution in [3.05, 3.63) is 60.4 Å². The number of benzene rings is 2. The topological polar surface area (TPSA) is 118 Å². The van der Waals surface area contributed by atoms with Crippen LogP contribution in [0.2, 0.25) is 0 Å². The highest BCUT2D eigenvalue weighted by atomic mass is 16.6. The summed E-state index contributed by atoms with van der Waals surface area (Å²) in [5.74, 6) is 1.39. The summed E-state index contributed by atoms with van der Waals surface area (Å²) in [6.45, 7) is 2.47. The number of H-pyrrole nitrogens is 1. The number of nitrogens with zero attached hydrogens (tertiary/aromatic N) is 2. The van der Waals surface area contributed by atoms with Crippen LogP contribution in [0, 0.1) is 0 Å². The lowest BCUT2D eigenvalue weighted by atomic mass is 10.0. The number of hydrogen-bond acceptors (Lipinski definition) is 6. The summed E-state index contributed by atoms with van der Waals surface area (Å²) >= 11 is 0. The normalized spacial score (nSPS) is 12.4. The summed E-state index contributed by atoms with van der Waals surface area (Å²) in [6, 6.07) is 12.9. The average molecular weight is 443 g/mol. The van der Waals surface area contributed by atoms with Gasteiger partial charge in [-0.05, 0) is 41.5 Å². The van der Waals surface area contributed by atoms with Crippen molar-refractivity contribution in [1.82, 2.24) is 15.2 Å². The maximum absolute atomic E-state index is 12.7. The Bertz CT molecular complexity index is 1360. The Labute approximate surface area is 189 Å². The summed E-state index contributed by atoms with van der Waals surface area (Å²) in [5, 5.41) is 13.7. The van der Waals surface area contributed by atoms with Gasteiger partial charge < -0.3 is 20.1 Å². The lowest BCUT2D eigenvalue weighted by Crippen LogP contribution is -2.17. The Morgan fingerprint density at radius 1 is 1.03 bits per heavy atom. The molecule has 1 aliphatic heterocycles. The number of carbonyl (C=O) groups excluding carboxylic acids is 2. The van der Waals surface area contributed by atoms with E-state index in [1.807, 2.05) is 36.4 Å². The zero-order valence-corrected chi connectivity index (χ0v) is 17.8. The number of pyridine rings is 1. The van der Waals surface area contributed by atoms with E-state index in [0.717, 1.165) is 27.6 Å². The monoisotopic (exact) mass is 443 g/mol. The Balaban J connectivity index is 1.38. The van der Waals surface area contributed by atoms with Crippen LogP contribution in [-0.2, 0) is 16.0 Å². The average Bonchev–Trinajstić information content (AvgIpc) is 3.20. The van der Waals surface area contributed by atoms with E-state index >= 15 is 0 Å². The smallest absolute Gasteiger partial charge is 0.230 e. The molecule has 0 saturated heterocycles. The summed E-state index contributed by atoms with van der Waals surface area (Å²) in [5.41, 5.74) is 3.85. The highest BCUT2D eigenvalue weighted by molar-refractivity contribution is 6.02. The first-order chi connectivity index (χ1) is 16.1. The maximum Gasteiger partial charge on any atom is 0.230 e. The molecule has 0 fully saturated rings. The van der Waals surface area contributed by atoms with Crippen LogP contribution in [0.15, 0.2) is 54.9 Å². The minimum Gasteiger partial charge on any atom is -0.486 e.